The van der Waals surface area contributed by atoms with Crippen LogP contribution < -0.4 is 5.32 Å². The van der Waals surface area contributed by atoms with Crippen molar-refractivity contribution >= 4 is 5.91 Å². The van der Waals surface area contributed by atoms with Crippen molar-refractivity contribution in [1.29, 1.82) is 0 Å². The van der Waals surface area contributed by atoms with E-state index in [1.807, 2.05) is 0 Å². The third kappa shape index (κ3) is 28.7. The van der Waals surface area contributed by atoms with E-state index in [-0.39, 0.29) is 5.91 Å². The first kappa shape index (κ1) is 38.4. The van der Waals surface area contributed by atoms with Crippen molar-refractivity contribution in [2.75, 3.05) is 27.1 Å². The van der Waals surface area contributed by atoms with Gasteiger partial charge in [0.15, 0.2) is 0 Å². The van der Waals surface area contributed by atoms with E-state index in [0.29, 0.717) is 25.0 Å². The monoisotopic (exact) mass is 554 g/mol. The Balaban J connectivity index is 3.88. The molecule has 1 N–H and O–H groups in total. The Morgan fingerprint density at radius 1 is 0.564 bits per heavy atom. The first-order valence-electron chi connectivity index (χ1n) is 17.5. The van der Waals surface area contributed by atoms with Gasteiger partial charge in [0.1, 0.15) is 6.79 Å². The van der Waals surface area contributed by atoms with Crippen molar-refractivity contribution in [1.82, 2.24) is 5.32 Å². The number of amides is 1. The van der Waals surface area contributed by atoms with Crippen molar-refractivity contribution in [3.63, 3.8) is 0 Å². The highest BCUT2D eigenvalue weighted by Gasteiger charge is 2.11. The lowest BCUT2D eigenvalue weighted by molar-refractivity contribution is -0.121. The fraction of sp³-hybridized carbons (Fsp3) is 0.971. The molecule has 234 valence electrons. The number of nitrogens with one attached hydrogen (secondary N) is 1. The van der Waals surface area contributed by atoms with Gasteiger partial charge in [-0.25, -0.2) is 0 Å². The Morgan fingerprint density at radius 3 is 1.54 bits per heavy atom. The van der Waals surface area contributed by atoms with E-state index in [0.717, 1.165) is 19.6 Å². The number of unbranched alkanes of at least 4 members (excludes halogenated alkanes) is 16. The average Bonchev–Trinajstić information content (AvgIpc) is 2.94. The minimum absolute atomic E-state index is 0.268. The lowest BCUT2D eigenvalue weighted by Gasteiger charge is -2.17. The molecule has 2 atom stereocenters. The molecule has 0 aromatic carbocycles. The summed E-state index contributed by atoms with van der Waals surface area (Å²) in [7, 11) is 1.71. The molecule has 0 rings (SSSR count). The van der Waals surface area contributed by atoms with Crippen LogP contribution in [0.15, 0.2) is 0 Å². The maximum absolute atomic E-state index is 12.4. The maximum Gasteiger partial charge on any atom is 0.220 e. The minimum atomic E-state index is 0.268. The van der Waals surface area contributed by atoms with E-state index in [1.54, 1.807) is 7.11 Å². The highest BCUT2D eigenvalue weighted by molar-refractivity contribution is 5.75. The van der Waals surface area contributed by atoms with Gasteiger partial charge in [-0.2, -0.15) is 0 Å². The molecular weight excluding hydrogens is 482 g/mol. The van der Waals surface area contributed by atoms with Crippen LogP contribution in [-0.2, 0) is 14.3 Å². The average molecular weight is 554 g/mol. The topological polar surface area (TPSA) is 47.6 Å². The summed E-state index contributed by atoms with van der Waals surface area (Å²) in [6.07, 6.45) is 32.1. The van der Waals surface area contributed by atoms with Gasteiger partial charge in [0.2, 0.25) is 5.91 Å². The van der Waals surface area contributed by atoms with E-state index in [4.69, 9.17) is 9.47 Å². The summed E-state index contributed by atoms with van der Waals surface area (Å²) < 4.78 is 10.8. The molecule has 0 aliphatic carbocycles. The number of carbonyl (C=O) groups excluding carboxylic acids is 1. The summed E-state index contributed by atoms with van der Waals surface area (Å²) in [5, 5.41) is 3.25. The second-order valence-corrected chi connectivity index (χ2v) is 12.2. The second-order valence-electron chi connectivity index (χ2n) is 12.2. The number of hydrogen-bond donors (Lipinski definition) is 1. The van der Waals surface area contributed by atoms with Gasteiger partial charge in [-0.05, 0) is 43.9 Å². The molecule has 0 saturated carbocycles. The van der Waals surface area contributed by atoms with Gasteiger partial charge in [0.25, 0.3) is 0 Å². The molecule has 4 heteroatoms. The molecule has 2 unspecified atom stereocenters. The molecule has 0 heterocycles. The van der Waals surface area contributed by atoms with Gasteiger partial charge in [-0.15, -0.1) is 0 Å². The molecule has 0 saturated heterocycles. The van der Waals surface area contributed by atoms with Crippen molar-refractivity contribution in [2.45, 2.75) is 181 Å². The van der Waals surface area contributed by atoms with Gasteiger partial charge < -0.3 is 14.8 Å². The van der Waals surface area contributed by atoms with Crippen molar-refractivity contribution in [3.05, 3.63) is 0 Å². The van der Waals surface area contributed by atoms with Crippen molar-refractivity contribution in [2.24, 2.45) is 11.8 Å². The molecule has 0 aromatic heterocycles. The summed E-state index contributed by atoms with van der Waals surface area (Å²) in [5.74, 6) is 1.62. The Labute approximate surface area is 245 Å². The van der Waals surface area contributed by atoms with Crippen molar-refractivity contribution < 1.29 is 14.3 Å². The molecular formula is C35H71NO3. The molecule has 0 aliphatic rings. The molecule has 0 bridgehead atoms. The Kier molecular flexibility index (Phi) is 31.4. The van der Waals surface area contributed by atoms with Gasteiger partial charge in [-0.1, -0.05) is 143 Å². The van der Waals surface area contributed by atoms with Crippen LogP contribution in [0.4, 0.5) is 0 Å². The third-order valence-corrected chi connectivity index (χ3v) is 8.31. The molecule has 39 heavy (non-hydrogen) atoms. The Hall–Kier alpha value is -0.610. The molecule has 1 amide bonds. The van der Waals surface area contributed by atoms with Gasteiger partial charge >= 0.3 is 0 Å². The summed E-state index contributed by atoms with van der Waals surface area (Å²) in [6.45, 7) is 8.97. The number of rotatable bonds is 32. The first-order valence-corrected chi connectivity index (χ1v) is 17.5. The summed E-state index contributed by atoms with van der Waals surface area (Å²) in [6, 6.07) is 0. The SMILES string of the molecule is CCCCCCCCCCC(CCCCCCCCC(=O)NCC(CCCC)CCCCCC)COCOC. The lowest BCUT2D eigenvalue weighted by atomic mass is 9.94. The Morgan fingerprint density at radius 2 is 1.00 bits per heavy atom. The maximum atomic E-state index is 12.4. The zero-order valence-electron chi connectivity index (χ0n) is 27.2. The predicted molar refractivity (Wildman–Crippen MR) is 170 cm³/mol. The van der Waals surface area contributed by atoms with Gasteiger partial charge in [-0.3, -0.25) is 4.79 Å². The van der Waals surface area contributed by atoms with E-state index in [1.165, 1.54) is 148 Å². The zero-order valence-corrected chi connectivity index (χ0v) is 27.2. The lowest BCUT2D eigenvalue weighted by Crippen LogP contribution is -2.29. The summed E-state index contributed by atoms with van der Waals surface area (Å²) in [5.41, 5.74) is 0. The number of hydrogen-bond acceptors (Lipinski definition) is 3. The van der Waals surface area contributed by atoms with Crippen LogP contribution in [0, 0.1) is 11.8 Å². The second kappa shape index (κ2) is 31.9. The summed E-state index contributed by atoms with van der Waals surface area (Å²) in [4.78, 5) is 12.4. The van der Waals surface area contributed by atoms with Crippen LogP contribution in [0.1, 0.15) is 181 Å². The number of methoxy groups -OCH3 is 1. The molecule has 0 aliphatic heterocycles. The van der Waals surface area contributed by atoms with E-state index in [2.05, 4.69) is 26.1 Å². The fourth-order valence-corrected chi connectivity index (χ4v) is 5.65. The van der Waals surface area contributed by atoms with Crippen LogP contribution in [0.3, 0.4) is 0 Å². The molecule has 0 radical (unpaired) electrons. The van der Waals surface area contributed by atoms with E-state index < -0.39 is 0 Å². The first-order chi connectivity index (χ1) is 19.2. The van der Waals surface area contributed by atoms with Crippen LogP contribution in [0.5, 0.6) is 0 Å². The van der Waals surface area contributed by atoms with E-state index in [9.17, 15) is 4.79 Å². The Bertz CT molecular complexity index is 485. The molecule has 0 fully saturated rings. The van der Waals surface area contributed by atoms with Crippen LogP contribution in [0.2, 0.25) is 0 Å². The largest absolute Gasteiger partial charge is 0.359 e. The highest BCUT2D eigenvalue weighted by atomic mass is 16.7. The van der Waals surface area contributed by atoms with Crippen molar-refractivity contribution in [3.8, 4) is 0 Å². The molecule has 0 spiro atoms. The normalized spacial score (nSPS) is 13.0. The van der Waals surface area contributed by atoms with Crippen LogP contribution in [0.25, 0.3) is 0 Å². The van der Waals surface area contributed by atoms with E-state index >= 15 is 0 Å². The smallest absolute Gasteiger partial charge is 0.220 e. The molecule has 4 nitrogen and oxygen atoms in total. The highest BCUT2D eigenvalue weighted by Crippen LogP contribution is 2.20. The van der Waals surface area contributed by atoms with Gasteiger partial charge in [0.05, 0.1) is 6.61 Å². The number of carbonyl (C=O) groups is 1. The predicted octanol–water partition coefficient (Wildman–Crippen LogP) is 10.8. The third-order valence-electron chi connectivity index (χ3n) is 8.31. The summed E-state index contributed by atoms with van der Waals surface area (Å²) >= 11 is 0. The fourth-order valence-electron chi connectivity index (χ4n) is 5.65. The zero-order chi connectivity index (χ0) is 28.7. The standard InChI is InChI=1S/C35H71NO3/c1-5-8-11-13-14-15-18-22-27-34(31-39-32-38-4)28-23-19-16-17-20-24-29-35(37)36-30-33(25-10-7-3)26-21-12-9-6-2/h33-34H,5-32H2,1-4H3,(H,36,37). The van der Waals surface area contributed by atoms with Gasteiger partial charge in [0, 0.05) is 20.1 Å². The number of ether oxygens (including phenoxy) is 2. The minimum Gasteiger partial charge on any atom is -0.359 e. The molecule has 0 aromatic rings. The van der Waals surface area contributed by atoms with Crippen LogP contribution >= 0.6 is 0 Å². The quantitative estimate of drug-likeness (QED) is 0.0665. The van der Waals surface area contributed by atoms with Crippen LogP contribution in [-0.4, -0.2) is 33.0 Å².